The summed E-state index contributed by atoms with van der Waals surface area (Å²) >= 11 is 1.50. The molecule has 5 rings (SSSR count). The van der Waals surface area contributed by atoms with Crippen molar-refractivity contribution in [3.8, 4) is 16.3 Å². The van der Waals surface area contributed by atoms with Crippen LogP contribution in [0, 0.1) is 0 Å². The maximum atomic E-state index is 13.3. The monoisotopic (exact) mass is 419 g/mol. The van der Waals surface area contributed by atoms with Gasteiger partial charge in [0.2, 0.25) is 0 Å². The molecule has 6 nitrogen and oxygen atoms in total. The highest BCUT2D eigenvalue weighted by Gasteiger charge is 2.52. The van der Waals surface area contributed by atoms with Crippen molar-refractivity contribution in [2.75, 3.05) is 7.11 Å². The van der Waals surface area contributed by atoms with Crippen LogP contribution < -0.4 is 10.1 Å². The number of hydrogen-bond acceptors (Lipinski definition) is 5. The van der Waals surface area contributed by atoms with E-state index in [1.54, 1.807) is 7.11 Å². The largest absolute Gasteiger partial charge is 0.497 e. The van der Waals surface area contributed by atoms with Gasteiger partial charge >= 0.3 is 6.03 Å². The quantitative estimate of drug-likeness (QED) is 0.653. The Morgan fingerprint density at radius 2 is 1.90 bits per heavy atom. The number of urea groups is 1. The first-order valence-corrected chi connectivity index (χ1v) is 10.8. The van der Waals surface area contributed by atoms with Crippen molar-refractivity contribution < 1.29 is 14.3 Å². The predicted molar refractivity (Wildman–Crippen MR) is 114 cm³/mol. The van der Waals surface area contributed by atoms with Crippen LogP contribution in [0.25, 0.3) is 10.6 Å². The number of thiazole rings is 1. The fourth-order valence-corrected chi connectivity index (χ4v) is 5.07. The van der Waals surface area contributed by atoms with Crippen LogP contribution >= 0.6 is 11.3 Å². The molecule has 7 heteroatoms. The molecule has 2 heterocycles. The summed E-state index contributed by atoms with van der Waals surface area (Å²) in [6.45, 7) is 0.181. The third-order valence-electron chi connectivity index (χ3n) is 5.89. The number of ether oxygens (including phenoxy) is 1. The minimum absolute atomic E-state index is 0.152. The van der Waals surface area contributed by atoms with Gasteiger partial charge < -0.3 is 10.1 Å². The van der Waals surface area contributed by atoms with E-state index in [-0.39, 0.29) is 18.5 Å². The molecule has 1 aromatic heterocycles. The van der Waals surface area contributed by atoms with Crippen LogP contribution in [-0.2, 0) is 24.2 Å². The fourth-order valence-electron chi connectivity index (χ4n) is 4.25. The van der Waals surface area contributed by atoms with Crippen molar-refractivity contribution in [2.24, 2.45) is 0 Å². The summed E-state index contributed by atoms with van der Waals surface area (Å²) < 4.78 is 5.19. The number of carbonyl (C=O) groups is 2. The van der Waals surface area contributed by atoms with E-state index in [9.17, 15) is 9.59 Å². The molecule has 1 atom stereocenters. The number of hydrogen-bond donors (Lipinski definition) is 1. The van der Waals surface area contributed by atoms with E-state index in [1.807, 2.05) is 47.8 Å². The zero-order chi connectivity index (χ0) is 20.7. The second-order valence-corrected chi connectivity index (χ2v) is 8.58. The summed E-state index contributed by atoms with van der Waals surface area (Å²) in [5.41, 5.74) is 3.24. The lowest BCUT2D eigenvalue weighted by Gasteiger charge is -2.32. The molecule has 1 N–H and O–H groups in total. The molecule has 2 aliphatic rings. The van der Waals surface area contributed by atoms with Crippen LogP contribution in [0.15, 0.2) is 53.9 Å². The number of rotatable bonds is 4. The minimum Gasteiger partial charge on any atom is -0.497 e. The highest BCUT2D eigenvalue weighted by atomic mass is 32.1. The number of aromatic nitrogens is 1. The lowest BCUT2D eigenvalue weighted by atomic mass is 9.78. The Morgan fingerprint density at radius 3 is 2.67 bits per heavy atom. The van der Waals surface area contributed by atoms with Crippen LogP contribution in [0.5, 0.6) is 5.75 Å². The van der Waals surface area contributed by atoms with Gasteiger partial charge in [0.15, 0.2) is 0 Å². The number of nitrogens with one attached hydrogen (secondary N) is 1. The fraction of sp³-hybridized carbons (Fsp3) is 0.261. The summed E-state index contributed by atoms with van der Waals surface area (Å²) in [4.78, 5) is 31.9. The van der Waals surface area contributed by atoms with Crippen molar-refractivity contribution in [3.05, 3.63) is 70.7 Å². The van der Waals surface area contributed by atoms with E-state index in [0.29, 0.717) is 18.5 Å². The Hall–Kier alpha value is -3.19. The second kappa shape index (κ2) is 7.25. The molecular weight excluding hydrogens is 398 g/mol. The summed E-state index contributed by atoms with van der Waals surface area (Å²) in [5, 5.41) is 5.73. The van der Waals surface area contributed by atoms with Gasteiger partial charge in [-0.1, -0.05) is 24.3 Å². The molecule has 2 aromatic carbocycles. The van der Waals surface area contributed by atoms with Gasteiger partial charge in [-0.15, -0.1) is 11.3 Å². The molecule has 30 heavy (non-hydrogen) atoms. The molecule has 0 radical (unpaired) electrons. The third kappa shape index (κ3) is 3.15. The van der Waals surface area contributed by atoms with Crippen molar-refractivity contribution >= 4 is 23.3 Å². The Balaban J connectivity index is 1.34. The zero-order valence-electron chi connectivity index (χ0n) is 16.6. The van der Waals surface area contributed by atoms with Gasteiger partial charge in [-0.05, 0) is 48.2 Å². The minimum atomic E-state index is -0.833. The summed E-state index contributed by atoms with van der Waals surface area (Å²) in [6, 6.07) is 15.5. The van der Waals surface area contributed by atoms with Gasteiger partial charge in [0, 0.05) is 17.4 Å². The number of nitrogens with zero attached hydrogens (tertiary/aromatic N) is 2. The Kier molecular flexibility index (Phi) is 4.55. The molecule has 1 aliphatic heterocycles. The average Bonchev–Trinajstić information content (AvgIpc) is 3.33. The van der Waals surface area contributed by atoms with E-state index in [1.165, 1.54) is 21.8 Å². The molecule has 1 spiro atoms. The molecule has 1 saturated heterocycles. The van der Waals surface area contributed by atoms with E-state index in [0.717, 1.165) is 28.3 Å². The van der Waals surface area contributed by atoms with E-state index in [4.69, 9.17) is 4.74 Å². The summed E-state index contributed by atoms with van der Waals surface area (Å²) in [5.74, 6) is 0.634. The van der Waals surface area contributed by atoms with Crippen molar-refractivity contribution in [2.45, 2.75) is 31.3 Å². The lowest BCUT2D eigenvalue weighted by molar-refractivity contribution is -0.132. The number of methoxy groups -OCH3 is 1. The Labute approximate surface area is 178 Å². The van der Waals surface area contributed by atoms with Crippen LogP contribution in [0.3, 0.4) is 0 Å². The molecule has 0 bridgehead atoms. The number of carbonyl (C=O) groups excluding carboxylic acids is 2. The number of aryl methyl sites for hydroxylation is 1. The first-order valence-electron chi connectivity index (χ1n) is 9.88. The first-order chi connectivity index (χ1) is 14.6. The molecular formula is C23H21N3O3S. The Morgan fingerprint density at radius 1 is 1.13 bits per heavy atom. The van der Waals surface area contributed by atoms with E-state index >= 15 is 0 Å². The molecule has 1 unspecified atom stereocenters. The zero-order valence-corrected chi connectivity index (χ0v) is 17.4. The van der Waals surface area contributed by atoms with E-state index in [2.05, 4.69) is 16.4 Å². The highest BCUT2D eigenvalue weighted by Crippen LogP contribution is 2.34. The van der Waals surface area contributed by atoms with Crippen LogP contribution in [0.1, 0.15) is 23.2 Å². The number of fused-ring (bicyclic) bond motifs is 1. The van der Waals surface area contributed by atoms with Crippen molar-refractivity contribution in [1.29, 1.82) is 0 Å². The molecule has 0 saturated carbocycles. The second-order valence-electron chi connectivity index (χ2n) is 7.72. The van der Waals surface area contributed by atoms with E-state index < -0.39 is 5.54 Å². The third-order valence-corrected chi connectivity index (χ3v) is 6.83. The molecule has 3 amide bonds. The van der Waals surface area contributed by atoms with Crippen LogP contribution in [0.4, 0.5) is 4.79 Å². The summed E-state index contributed by atoms with van der Waals surface area (Å²) in [6.07, 6.45) is 1.95. The van der Waals surface area contributed by atoms with Crippen LogP contribution in [0.2, 0.25) is 0 Å². The topological polar surface area (TPSA) is 71.5 Å². The van der Waals surface area contributed by atoms with Gasteiger partial charge in [-0.2, -0.15) is 0 Å². The maximum absolute atomic E-state index is 13.3. The normalized spacial score (nSPS) is 20.4. The van der Waals surface area contributed by atoms with Crippen molar-refractivity contribution in [1.82, 2.24) is 15.2 Å². The van der Waals surface area contributed by atoms with Crippen LogP contribution in [-0.4, -0.2) is 34.5 Å². The number of amides is 3. The summed E-state index contributed by atoms with van der Waals surface area (Å²) in [7, 11) is 1.63. The molecule has 152 valence electrons. The lowest BCUT2D eigenvalue weighted by Crippen LogP contribution is -2.51. The SMILES string of the molecule is COc1ccc(-c2nc(CN3C(=O)NC4(CCc5ccccc5C4)C3=O)cs2)cc1. The number of imide groups is 1. The van der Waals surface area contributed by atoms with Crippen molar-refractivity contribution in [3.63, 3.8) is 0 Å². The van der Waals surface area contributed by atoms with Gasteiger partial charge in [0.1, 0.15) is 16.3 Å². The predicted octanol–water partition coefficient (Wildman–Crippen LogP) is 3.80. The van der Waals surface area contributed by atoms with Gasteiger partial charge in [-0.3, -0.25) is 9.69 Å². The smallest absolute Gasteiger partial charge is 0.325 e. The average molecular weight is 420 g/mol. The van der Waals surface area contributed by atoms with Gasteiger partial charge in [0.25, 0.3) is 5.91 Å². The highest BCUT2D eigenvalue weighted by molar-refractivity contribution is 7.13. The molecule has 1 aliphatic carbocycles. The maximum Gasteiger partial charge on any atom is 0.325 e. The molecule has 3 aromatic rings. The van der Waals surface area contributed by atoms with Gasteiger partial charge in [-0.25, -0.2) is 9.78 Å². The van der Waals surface area contributed by atoms with Gasteiger partial charge in [0.05, 0.1) is 19.3 Å². The molecule has 1 fully saturated rings. The Bertz CT molecular complexity index is 1120. The standard InChI is InChI=1S/C23H21N3O3S/c1-29-19-8-6-16(7-9-19)20-24-18(14-30-20)13-26-21(27)23(25-22(26)28)11-10-15-4-2-3-5-17(15)12-23/h2-9,14H,10-13H2,1H3,(H,25,28). The number of benzene rings is 2. The first kappa shape index (κ1) is 18.8.